The molecule has 0 saturated carbocycles. The van der Waals surface area contributed by atoms with Crippen molar-refractivity contribution < 1.29 is 9.59 Å². The van der Waals surface area contributed by atoms with E-state index in [2.05, 4.69) is 15.6 Å². The van der Waals surface area contributed by atoms with E-state index in [4.69, 9.17) is 0 Å². The molecule has 0 spiro atoms. The molecular weight excluding hydrogens is 302 g/mol. The van der Waals surface area contributed by atoms with Crippen molar-refractivity contribution in [2.24, 2.45) is 0 Å². The molecule has 0 radical (unpaired) electrons. The van der Waals surface area contributed by atoms with Crippen LogP contribution >= 0.6 is 0 Å². The van der Waals surface area contributed by atoms with E-state index in [1.807, 2.05) is 32.9 Å². The van der Waals surface area contributed by atoms with Crippen LogP contribution in [-0.4, -0.2) is 22.3 Å². The van der Waals surface area contributed by atoms with Gasteiger partial charge in [0.25, 0.3) is 5.91 Å². The molecule has 24 heavy (non-hydrogen) atoms. The normalized spacial score (nSPS) is 11.3. The van der Waals surface area contributed by atoms with Gasteiger partial charge < -0.3 is 10.6 Å². The highest BCUT2D eigenvalue weighted by Gasteiger charge is 2.18. The van der Waals surface area contributed by atoms with E-state index >= 15 is 0 Å². The van der Waals surface area contributed by atoms with E-state index in [1.165, 1.54) is 6.08 Å². The van der Waals surface area contributed by atoms with Gasteiger partial charge in [0.15, 0.2) is 0 Å². The standard InChI is InChI=1S/C19H21N3O2/c1-19(2,3)22-18(24)15-9-4-5-10-16(15)21-17(23)12-11-14-8-6-7-13-20-14/h4-13H,1-3H3,(H,21,23)(H,22,24)/b12-11+. The average molecular weight is 323 g/mol. The molecule has 0 saturated heterocycles. The van der Waals surface area contributed by atoms with E-state index in [1.54, 1.807) is 42.6 Å². The van der Waals surface area contributed by atoms with Crippen LogP contribution in [0.5, 0.6) is 0 Å². The maximum absolute atomic E-state index is 12.4. The van der Waals surface area contributed by atoms with Crippen LogP contribution in [0.4, 0.5) is 5.69 Å². The van der Waals surface area contributed by atoms with E-state index in [9.17, 15) is 9.59 Å². The predicted octanol–water partition coefficient (Wildman–Crippen LogP) is 3.26. The van der Waals surface area contributed by atoms with Gasteiger partial charge in [0.2, 0.25) is 5.91 Å². The summed E-state index contributed by atoms with van der Waals surface area (Å²) in [6, 6.07) is 12.4. The highest BCUT2D eigenvalue weighted by molar-refractivity contribution is 6.07. The zero-order valence-corrected chi connectivity index (χ0v) is 14.0. The van der Waals surface area contributed by atoms with Gasteiger partial charge in [0.1, 0.15) is 0 Å². The first-order valence-corrected chi connectivity index (χ1v) is 7.67. The lowest BCUT2D eigenvalue weighted by Crippen LogP contribution is -2.40. The molecule has 1 aromatic heterocycles. The van der Waals surface area contributed by atoms with Crippen molar-refractivity contribution in [1.82, 2.24) is 10.3 Å². The van der Waals surface area contributed by atoms with Crippen LogP contribution in [0, 0.1) is 0 Å². The number of nitrogens with zero attached hydrogens (tertiary/aromatic N) is 1. The molecule has 0 aliphatic rings. The fraction of sp³-hybridized carbons (Fsp3) is 0.211. The second kappa shape index (κ2) is 7.55. The van der Waals surface area contributed by atoms with Crippen molar-refractivity contribution in [1.29, 1.82) is 0 Å². The first kappa shape index (κ1) is 17.4. The number of carbonyl (C=O) groups excluding carboxylic acids is 2. The van der Waals surface area contributed by atoms with Crippen LogP contribution in [0.25, 0.3) is 6.08 Å². The fourth-order valence-corrected chi connectivity index (χ4v) is 2.01. The Balaban J connectivity index is 2.11. The summed E-state index contributed by atoms with van der Waals surface area (Å²) in [4.78, 5) is 28.6. The van der Waals surface area contributed by atoms with Crippen molar-refractivity contribution in [3.63, 3.8) is 0 Å². The lowest BCUT2D eigenvalue weighted by Gasteiger charge is -2.21. The summed E-state index contributed by atoms with van der Waals surface area (Å²) in [6.07, 6.45) is 4.66. The van der Waals surface area contributed by atoms with Crippen LogP contribution in [0.3, 0.4) is 0 Å². The largest absolute Gasteiger partial charge is 0.347 e. The van der Waals surface area contributed by atoms with Crippen LogP contribution in [0.15, 0.2) is 54.7 Å². The third-order valence-corrected chi connectivity index (χ3v) is 3.01. The summed E-state index contributed by atoms with van der Waals surface area (Å²) in [5.74, 6) is -0.552. The van der Waals surface area contributed by atoms with Crippen molar-refractivity contribution in [3.05, 3.63) is 66.0 Å². The van der Waals surface area contributed by atoms with Crippen LogP contribution < -0.4 is 10.6 Å². The Kier molecular flexibility index (Phi) is 5.47. The van der Waals surface area contributed by atoms with Crippen LogP contribution in [0.1, 0.15) is 36.8 Å². The summed E-state index contributed by atoms with van der Waals surface area (Å²) in [5.41, 5.74) is 1.22. The molecule has 1 aromatic carbocycles. The topological polar surface area (TPSA) is 71.1 Å². The number of carbonyl (C=O) groups is 2. The Hall–Kier alpha value is -2.95. The quantitative estimate of drug-likeness (QED) is 0.848. The lowest BCUT2D eigenvalue weighted by atomic mass is 10.1. The summed E-state index contributed by atoms with van der Waals surface area (Å²) in [7, 11) is 0. The molecule has 0 atom stereocenters. The highest BCUT2D eigenvalue weighted by Crippen LogP contribution is 2.16. The Labute approximate surface area is 141 Å². The number of para-hydroxylation sites is 1. The smallest absolute Gasteiger partial charge is 0.253 e. The monoisotopic (exact) mass is 323 g/mol. The van der Waals surface area contributed by atoms with Gasteiger partial charge in [-0.25, -0.2) is 0 Å². The molecule has 0 fully saturated rings. The molecule has 5 nitrogen and oxygen atoms in total. The molecule has 0 unspecified atom stereocenters. The molecule has 0 aliphatic heterocycles. The van der Waals surface area contributed by atoms with Crippen molar-refractivity contribution >= 4 is 23.6 Å². The molecule has 5 heteroatoms. The zero-order chi connectivity index (χ0) is 17.6. The minimum Gasteiger partial charge on any atom is -0.347 e. The number of amides is 2. The van der Waals surface area contributed by atoms with Crippen LogP contribution in [-0.2, 0) is 4.79 Å². The maximum Gasteiger partial charge on any atom is 0.253 e. The first-order chi connectivity index (χ1) is 11.3. The molecular formula is C19H21N3O2. The van der Waals surface area contributed by atoms with Gasteiger partial charge in [-0.1, -0.05) is 18.2 Å². The summed E-state index contributed by atoms with van der Waals surface area (Å²) in [6.45, 7) is 5.71. The number of pyridine rings is 1. The SMILES string of the molecule is CC(C)(C)NC(=O)c1ccccc1NC(=O)/C=C/c1ccccn1. The van der Waals surface area contributed by atoms with Gasteiger partial charge in [-0.3, -0.25) is 14.6 Å². The number of benzene rings is 1. The summed E-state index contributed by atoms with van der Waals surface area (Å²) >= 11 is 0. The summed E-state index contributed by atoms with van der Waals surface area (Å²) < 4.78 is 0. The average Bonchev–Trinajstić information content (AvgIpc) is 2.53. The Morgan fingerprint density at radius 2 is 1.75 bits per heavy atom. The second-order valence-electron chi connectivity index (χ2n) is 6.33. The molecule has 0 aliphatic carbocycles. The third kappa shape index (κ3) is 5.35. The number of anilines is 1. The Morgan fingerprint density at radius 1 is 1.04 bits per heavy atom. The van der Waals surface area contributed by atoms with Crippen molar-refractivity contribution in [2.45, 2.75) is 26.3 Å². The second-order valence-corrected chi connectivity index (χ2v) is 6.33. The van der Waals surface area contributed by atoms with Gasteiger partial charge in [-0.2, -0.15) is 0 Å². The van der Waals surface area contributed by atoms with Gasteiger partial charge in [0.05, 0.1) is 16.9 Å². The first-order valence-electron chi connectivity index (χ1n) is 7.67. The molecule has 2 amide bonds. The van der Waals surface area contributed by atoms with E-state index < -0.39 is 0 Å². The maximum atomic E-state index is 12.4. The van der Waals surface area contributed by atoms with E-state index in [0.29, 0.717) is 16.9 Å². The number of aromatic nitrogens is 1. The van der Waals surface area contributed by atoms with Crippen molar-refractivity contribution in [3.8, 4) is 0 Å². The molecule has 1 heterocycles. The Morgan fingerprint density at radius 3 is 2.42 bits per heavy atom. The number of rotatable bonds is 4. The fourth-order valence-electron chi connectivity index (χ4n) is 2.01. The highest BCUT2D eigenvalue weighted by atomic mass is 16.2. The molecule has 2 rings (SSSR count). The van der Waals surface area contributed by atoms with Crippen LogP contribution in [0.2, 0.25) is 0 Å². The third-order valence-electron chi connectivity index (χ3n) is 3.01. The van der Waals surface area contributed by atoms with Crippen molar-refractivity contribution in [2.75, 3.05) is 5.32 Å². The molecule has 124 valence electrons. The minimum atomic E-state index is -0.354. The number of hydrogen-bond donors (Lipinski definition) is 2. The van der Waals surface area contributed by atoms with Gasteiger partial charge >= 0.3 is 0 Å². The predicted molar refractivity (Wildman–Crippen MR) is 95.6 cm³/mol. The van der Waals surface area contributed by atoms with Gasteiger partial charge in [-0.05, 0) is 51.1 Å². The van der Waals surface area contributed by atoms with E-state index in [-0.39, 0.29) is 17.4 Å². The number of nitrogens with one attached hydrogen (secondary N) is 2. The molecule has 0 bridgehead atoms. The number of hydrogen-bond acceptors (Lipinski definition) is 3. The molecule has 2 aromatic rings. The van der Waals surface area contributed by atoms with Gasteiger partial charge in [0, 0.05) is 17.8 Å². The van der Waals surface area contributed by atoms with E-state index in [0.717, 1.165) is 0 Å². The zero-order valence-electron chi connectivity index (χ0n) is 14.0. The summed E-state index contributed by atoms with van der Waals surface area (Å²) in [5, 5.41) is 5.62. The lowest BCUT2D eigenvalue weighted by molar-refractivity contribution is -0.111. The van der Waals surface area contributed by atoms with Gasteiger partial charge in [-0.15, -0.1) is 0 Å². The molecule has 2 N–H and O–H groups in total. The minimum absolute atomic E-state index is 0.230. The Bertz CT molecular complexity index is 747.